The normalized spacial score (nSPS) is 12.2. The molecule has 0 saturated heterocycles. The molecule has 314 valence electrons. The fourth-order valence-electron chi connectivity index (χ4n) is 4.31. The van der Waals surface area contributed by atoms with Crippen LogP contribution in [0.2, 0.25) is 0 Å². The van der Waals surface area contributed by atoms with Crippen molar-refractivity contribution in [2.75, 3.05) is 26.4 Å². The molecule has 0 heterocycles. The largest absolute Gasteiger partial charge is 4.00 e. The average molecular weight is 981 g/mol. The minimum Gasteiger partial charge on any atom is -0.387 e. The molecule has 0 aliphatic rings. The van der Waals surface area contributed by atoms with Crippen molar-refractivity contribution in [3.05, 3.63) is 0 Å². The summed E-state index contributed by atoms with van der Waals surface area (Å²) in [5.74, 6) is 2.24. The van der Waals surface area contributed by atoms with Crippen LogP contribution in [0.15, 0.2) is 0 Å². The fourth-order valence-corrected chi connectivity index (χ4v) is 4.69. The number of unbranched alkanes of at least 4 members (excludes halogenated alkanes) is 4. The van der Waals surface area contributed by atoms with Crippen LogP contribution in [0.25, 0.3) is 0 Å². The molecule has 0 rings (SSSR count). The van der Waals surface area contributed by atoms with E-state index in [2.05, 4.69) is 174 Å². The van der Waals surface area contributed by atoms with Crippen molar-refractivity contribution in [2.45, 2.75) is 158 Å². The van der Waals surface area contributed by atoms with Crippen LogP contribution in [0.1, 0.15) is 158 Å². The van der Waals surface area contributed by atoms with Crippen molar-refractivity contribution in [1.29, 1.82) is 0 Å². The maximum atomic E-state index is 4.90. The summed E-state index contributed by atoms with van der Waals surface area (Å²) >= 11 is 36.3. The Labute approximate surface area is 382 Å². The number of hydrogen-bond donors (Lipinski definition) is 0. The zero-order chi connectivity index (χ0) is 40.4. The molecule has 0 fully saturated rings. The molecule has 53 heavy (non-hydrogen) atoms. The third-order valence-electron chi connectivity index (χ3n) is 7.90. The standard InChI is InChI=1S/4C9H18O2S2.Mo/c4*1-3-5-6-8(4-2)7-10-11-9(12)13;/h4*8H,3-7H2,1-2H3,(H,12,13);/q;;;;+4/p-4. The molecule has 0 amide bonds. The molecule has 0 aromatic rings. The summed E-state index contributed by atoms with van der Waals surface area (Å²) in [5.41, 5.74) is 0. The predicted octanol–water partition coefficient (Wildman–Crippen LogP) is 11.9. The van der Waals surface area contributed by atoms with Crippen LogP contribution in [-0.2, 0) is 111 Å². The Morgan fingerprint density at radius 3 is 0.660 bits per heavy atom. The molecule has 4 atom stereocenters. The molecule has 0 spiro atoms. The van der Waals surface area contributed by atoms with E-state index in [9.17, 15) is 0 Å². The molecular formula is C36H68MoO8S8. The van der Waals surface area contributed by atoms with Gasteiger partial charge in [-0.15, -0.1) is 0 Å². The average Bonchev–Trinajstić information content (AvgIpc) is 3.11. The summed E-state index contributed by atoms with van der Waals surface area (Å²) in [4.78, 5) is 38.0. The van der Waals surface area contributed by atoms with Gasteiger partial charge in [0.05, 0.1) is 44.0 Å². The van der Waals surface area contributed by atoms with Gasteiger partial charge < -0.3 is 119 Å². The molecule has 0 N–H and O–H groups in total. The van der Waals surface area contributed by atoms with Gasteiger partial charge in [0, 0.05) is 0 Å². The van der Waals surface area contributed by atoms with E-state index in [0.717, 1.165) is 25.7 Å². The fraction of sp³-hybridized carbons (Fsp3) is 0.889. The van der Waals surface area contributed by atoms with Gasteiger partial charge in [0.1, 0.15) is 0 Å². The van der Waals surface area contributed by atoms with Crippen molar-refractivity contribution < 1.29 is 60.2 Å². The summed E-state index contributed by atoms with van der Waals surface area (Å²) in [6, 6.07) is 0. The Balaban J connectivity index is -0.000000192. The summed E-state index contributed by atoms with van der Waals surface area (Å²) in [5, 5.41) is 0. The summed E-state index contributed by atoms with van der Waals surface area (Å²) < 4.78 is 0.131. The second-order valence-corrected chi connectivity index (χ2v) is 16.1. The van der Waals surface area contributed by atoms with E-state index in [1.54, 1.807) is 0 Å². The zero-order valence-electron chi connectivity index (χ0n) is 33.4. The van der Waals surface area contributed by atoms with Crippen molar-refractivity contribution in [2.24, 2.45) is 23.7 Å². The molecule has 8 nitrogen and oxygen atoms in total. The molecular weight excluding hydrogens is 913 g/mol. The second-order valence-electron chi connectivity index (χ2n) is 12.1. The van der Waals surface area contributed by atoms with E-state index < -0.39 is 0 Å². The Hall–Kier alpha value is 0.968. The van der Waals surface area contributed by atoms with Gasteiger partial charge in [-0.3, -0.25) is 0 Å². The second kappa shape index (κ2) is 51.0. The summed E-state index contributed by atoms with van der Waals surface area (Å²) in [7, 11) is 0. The molecule has 4 unspecified atom stereocenters. The SMILES string of the molecule is CCCCC(CC)COOC(=S)[S-].CCCCC(CC)COOC(=S)[S-].CCCCC(CC)COOC(=S)[S-].CCCCC(CC)COOC(=S)[S-].[Mo+4]. The number of hydrogen-bond acceptors (Lipinski definition) is 16. The van der Waals surface area contributed by atoms with Crippen LogP contribution in [0, 0.1) is 23.7 Å². The first-order chi connectivity index (χ1) is 24.8. The Kier molecular flexibility index (Phi) is 60.7. The van der Waals surface area contributed by atoms with Crippen molar-refractivity contribution >= 4 is 117 Å². The Morgan fingerprint density at radius 1 is 0.377 bits per heavy atom. The first-order valence-corrected chi connectivity index (χ1v) is 22.1. The van der Waals surface area contributed by atoms with Gasteiger partial charge in [-0.2, -0.15) is 19.6 Å². The van der Waals surface area contributed by atoms with Crippen molar-refractivity contribution in [3.8, 4) is 0 Å². The van der Waals surface area contributed by atoms with Crippen LogP contribution in [0.5, 0.6) is 0 Å². The molecule has 0 aliphatic carbocycles. The molecule has 0 bridgehead atoms. The van der Waals surface area contributed by atoms with E-state index in [1.165, 1.54) is 77.0 Å². The van der Waals surface area contributed by atoms with Gasteiger partial charge >= 0.3 is 21.1 Å². The van der Waals surface area contributed by atoms with Crippen LogP contribution < -0.4 is 0 Å². The van der Waals surface area contributed by atoms with E-state index in [-0.39, 0.29) is 38.6 Å². The smallest absolute Gasteiger partial charge is 0.387 e. The van der Waals surface area contributed by atoms with Gasteiger partial charge in [-0.25, -0.2) is 0 Å². The summed E-state index contributed by atoms with van der Waals surface area (Å²) in [6.45, 7) is 19.7. The van der Waals surface area contributed by atoms with E-state index in [4.69, 9.17) is 19.6 Å². The molecule has 0 radical (unpaired) electrons. The van der Waals surface area contributed by atoms with E-state index >= 15 is 0 Å². The van der Waals surface area contributed by atoms with Gasteiger partial charge in [0.2, 0.25) is 0 Å². The topological polar surface area (TPSA) is 73.8 Å². The molecule has 0 saturated carbocycles. The van der Waals surface area contributed by atoms with Crippen LogP contribution >= 0.6 is 48.9 Å². The number of rotatable bonds is 28. The molecule has 17 heteroatoms. The number of thiocarbonyl (C=S) groups is 4. The molecule has 0 aromatic carbocycles. The minimum absolute atomic E-state index is 0. The van der Waals surface area contributed by atoms with E-state index in [1.807, 2.05) is 0 Å². The third kappa shape index (κ3) is 57.4. The van der Waals surface area contributed by atoms with Crippen molar-refractivity contribution in [3.63, 3.8) is 0 Å². The quantitative estimate of drug-likeness (QED) is 0.0245. The van der Waals surface area contributed by atoms with Gasteiger partial charge in [-0.1, -0.05) is 132 Å². The molecule has 0 aromatic heterocycles. The van der Waals surface area contributed by atoms with E-state index in [0.29, 0.717) is 50.1 Å². The Bertz CT molecular complexity index is 693. The zero-order valence-corrected chi connectivity index (χ0v) is 41.9. The monoisotopic (exact) mass is 982 g/mol. The maximum Gasteiger partial charge on any atom is 4.00 e. The van der Waals surface area contributed by atoms with Gasteiger partial charge in [0.15, 0.2) is 0 Å². The first kappa shape index (κ1) is 63.1. The van der Waals surface area contributed by atoms with Crippen LogP contribution in [0.4, 0.5) is 0 Å². The minimum atomic E-state index is 0. The van der Waals surface area contributed by atoms with Crippen LogP contribution in [0.3, 0.4) is 0 Å². The maximum absolute atomic E-state index is 4.90. The predicted molar refractivity (Wildman–Crippen MR) is 241 cm³/mol. The third-order valence-corrected chi connectivity index (χ3v) is 8.44. The Morgan fingerprint density at radius 2 is 0.547 bits per heavy atom. The van der Waals surface area contributed by atoms with Crippen LogP contribution in [-0.4, -0.2) is 44.0 Å². The van der Waals surface area contributed by atoms with Crippen molar-refractivity contribution in [1.82, 2.24) is 0 Å². The molecule has 0 aliphatic heterocycles. The first-order valence-electron chi connectivity index (χ1n) is 18.8. The summed E-state index contributed by atoms with van der Waals surface area (Å²) in [6.07, 6.45) is 19.0. The van der Waals surface area contributed by atoms with Gasteiger partial charge in [-0.05, 0) is 49.4 Å². The van der Waals surface area contributed by atoms with Gasteiger partial charge in [0.25, 0.3) is 0 Å².